The van der Waals surface area contributed by atoms with E-state index in [0.29, 0.717) is 35.8 Å². The average molecular weight is 417 g/mol. The fourth-order valence-corrected chi connectivity index (χ4v) is 3.19. The fourth-order valence-electron chi connectivity index (χ4n) is 3.19. The molecule has 7 nitrogen and oxygen atoms in total. The lowest BCUT2D eigenvalue weighted by Gasteiger charge is -2.27. The number of nitrogens with zero attached hydrogens (tertiary/aromatic N) is 4. The standard InChI is InChI=1S/C23H36N4O3/c1-9-13-26(14-12-22(2,3)4)18(28)15-27-20-16(10-11-17(25-20)30-8)24-19(21(27)29)23(5,6)7/h10-11H,9,12-15H2,1-8H3. The van der Waals surface area contributed by atoms with Gasteiger partial charge < -0.3 is 9.64 Å². The first kappa shape index (κ1) is 23.8. The Balaban J connectivity index is 2.53. The SMILES string of the molecule is CCCN(CCC(C)(C)C)C(=O)Cn1c(=O)c(C(C)(C)C)nc2ccc(OC)nc21. The van der Waals surface area contributed by atoms with Crippen LogP contribution in [-0.4, -0.2) is 45.5 Å². The van der Waals surface area contributed by atoms with E-state index < -0.39 is 5.41 Å². The summed E-state index contributed by atoms with van der Waals surface area (Å²) < 4.78 is 6.68. The Labute approximate surface area is 179 Å². The van der Waals surface area contributed by atoms with E-state index in [1.54, 1.807) is 12.1 Å². The van der Waals surface area contributed by atoms with Gasteiger partial charge in [0.05, 0.1) is 7.11 Å². The Bertz CT molecular complexity index is 952. The van der Waals surface area contributed by atoms with E-state index in [9.17, 15) is 9.59 Å². The van der Waals surface area contributed by atoms with Crippen LogP contribution in [0.25, 0.3) is 11.2 Å². The summed E-state index contributed by atoms with van der Waals surface area (Å²) in [5, 5.41) is 0. The van der Waals surface area contributed by atoms with Crippen molar-refractivity contribution >= 4 is 17.1 Å². The van der Waals surface area contributed by atoms with Gasteiger partial charge in [-0.25, -0.2) is 4.98 Å². The molecule has 0 aliphatic heterocycles. The molecule has 2 heterocycles. The molecule has 0 spiro atoms. The zero-order valence-corrected chi connectivity index (χ0v) is 19.7. The monoisotopic (exact) mass is 416 g/mol. The number of carbonyl (C=O) groups is 1. The number of carbonyl (C=O) groups excluding carboxylic acids is 1. The molecule has 0 atom stereocenters. The summed E-state index contributed by atoms with van der Waals surface area (Å²) in [5.74, 6) is 0.298. The van der Waals surface area contributed by atoms with E-state index in [-0.39, 0.29) is 23.4 Å². The molecule has 0 saturated heterocycles. The number of hydrogen-bond acceptors (Lipinski definition) is 5. The molecular weight excluding hydrogens is 380 g/mol. The smallest absolute Gasteiger partial charge is 0.274 e. The Hall–Kier alpha value is -2.44. The van der Waals surface area contributed by atoms with Crippen LogP contribution in [0.5, 0.6) is 5.88 Å². The minimum Gasteiger partial charge on any atom is -0.481 e. The van der Waals surface area contributed by atoms with Crippen LogP contribution in [0.4, 0.5) is 0 Å². The summed E-state index contributed by atoms with van der Waals surface area (Å²) in [6.45, 7) is 15.6. The van der Waals surface area contributed by atoms with Crippen molar-refractivity contribution in [1.29, 1.82) is 0 Å². The number of pyridine rings is 1. The van der Waals surface area contributed by atoms with E-state index in [1.807, 2.05) is 25.7 Å². The van der Waals surface area contributed by atoms with Crippen LogP contribution in [0.15, 0.2) is 16.9 Å². The van der Waals surface area contributed by atoms with Crippen LogP contribution in [0.2, 0.25) is 0 Å². The fraction of sp³-hybridized carbons (Fsp3) is 0.652. The molecule has 0 N–H and O–H groups in total. The van der Waals surface area contributed by atoms with Crippen molar-refractivity contribution in [3.05, 3.63) is 28.2 Å². The summed E-state index contributed by atoms with van der Waals surface area (Å²) in [6.07, 6.45) is 1.76. The summed E-state index contributed by atoms with van der Waals surface area (Å²) >= 11 is 0. The third-order valence-corrected chi connectivity index (χ3v) is 4.96. The molecule has 30 heavy (non-hydrogen) atoms. The molecule has 0 saturated carbocycles. The molecule has 0 radical (unpaired) electrons. The van der Waals surface area contributed by atoms with E-state index in [1.165, 1.54) is 11.7 Å². The van der Waals surface area contributed by atoms with Gasteiger partial charge in [-0.15, -0.1) is 0 Å². The van der Waals surface area contributed by atoms with Gasteiger partial charge in [0.1, 0.15) is 17.8 Å². The van der Waals surface area contributed by atoms with E-state index in [2.05, 4.69) is 37.7 Å². The average Bonchev–Trinajstić information content (AvgIpc) is 2.64. The molecule has 0 aliphatic carbocycles. The van der Waals surface area contributed by atoms with Gasteiger partial charge in [0, 0.05) is 24.6 Å². The van der Waals surface area contributed by atoms with E-state index in [0.717, 1.165) is 12.8 Å². The van der Waals surface area contributed by atoms with Gasteiger partial charge in [-0.2, -0.15) is 4.98 Å². The molecule has 0 bridgehead atoms. The van der Waals surface area contributed by atoms with Crippen molar-refractivity contribution < 1.29 is 9.53 Å². The molecule has 1 amide bonds. The molecule has 0 aromatic carbocycles. The number of amides is 1. The molecule has 2 rings (SSSR count). The summed E-state index contributed by atoms with van der Waals surface area (Å²) in [7, 11) is 1.52. The van der Waals surface area contributed by atoms with Crippen molar-refractivity contribution in [3.8, 4) is 5.88 Å². The Morgan fingerprint density at radius 2 is 1.77 bits per heavy atom. The van der Waals surface area contributed by atoms with Gasteiger partial charge in [0.15, 0.2) is 5.65 Å². The number of aromatic nitrogens is 3. The predicted molar refractivity (Wildman–Crippen MR) is 120 cm³/mol. The highest BCUT2D eigenvalue weighted by Crippen LogP contribution is 2.22. The molecule has 0 aliphatic rings. The largest absolute Gasteiger partial charge is 0.481 e. The lowest BCUT2D eigenvalue weighted by molar-refractivity contribution is -0.132. The Kier molecular flexibility index (Phi) is 7.27. The molecule has 166 valence electrons. The second kappa shape index (κ2) is 9.14. The zero-order valence-electron chi connectivity index (χ0n) is 19.7. The van der Waals surface area contributed by atoms with E-state index >= 15 is 0 Å². The van der Waals surface area contributed by atoms with Crippen LogP contribution < -0.4 is 10.3 Å². The third kappa shape index (κ3) is 5.80. The summed E-state index contributed by atoms with van der Waals surface area (Å²) in [4.78, 5) is 37.4. The number of hydrogen-bond donors (Lipinski definition) is 0. The molecule has 7 heteroatoms. The zero-order chi connectivity index (χ0) is 22.7. The van der Waals surface area contributed by atoms with Crippen molar-refractivity contribution in [1.82, 2.24) is 19.4 Å². The van der Waals surface area contributed by atoms with Crippen LogP contribution in [-0.2, 0) is 16.8 Å². The van der Waals surface area contributed by atoms with Gasteiger partial charge in [0.25, 0.3) is 5.56 Å². The first-order valence-electron chi connectivity index (χ1n) is 10.6. The Morgan fingerprint density at radius 1 is 1.10 bits per heavy atom. The van der Waals surface area contributed by atoms with Crippen molar-refractivity contribution in [2.24, 2.45) is 5.41 Å². The van der Waals surface area contributed by atoms with Gasteiger partial charge in [-0.05, 0) is 24.3 Å². The quantitative estimate of drug-likeness (QED) is 0.687. The summed E-state index contributed by atoms with van der Waals surface area (Å²) in [5.41, 5.74) is 0.757. The molecule has 2 aromatic rings. The van der Waals surface area contributed by atoms with Gasteiger partial charge in [-0.3, -0.25) is 14.2 Å². The maximum Gasteiger partial charge on any atom is 0.274 e. The number of rotatable bonds is 7. The van der Waals surface area contributed by atoms with E-state index in [4.69, 9.17) is 4.74 Å². The summed E-state index contributed by atoms with van der Waals surface area (Å²) in [6, 6.07) is 3.49. The van der Waals surface area contributed by atoms with Crippen molar-refractivity contribution in [2.45, 2.75) is 73.3 Å². The molecule has 0 unspecified atom stereocenters. The highest BCUT2D eigenvalue weighted by atomic mass is 16.5. The highest BCUT2D eigenvalue weighted by Gasteiger charge is 2.25. The topological polar surface area (TPSA) is 77.3 Å². The predicted octanol–water partition coefficient (Wildman–Crippen LogP) is 3.77. The number of methoxy groups -OCH3 is 1. The van der Waals surface area contributed by atoms with Crippen LogP contribution in [0, 0.1) is 5.41 Å². The van der Waals surface area contributed by atoms with Crippen LogP contribution >= 0.6 is 0 Å². The van der Waals surface area contributed by atoms with Crippen molar-refractivity contribution in [2.75, 3.05) is 20.2 Å². The molecule has 2 aromatic heterocycles. The number of fused-ring (bicyclic) bond motifs is 1. The van der Waals surface area contributed by atoms with Gasteiger partial charge in [-0.1, -0.05) is 48.5 Å². The second-order valence-electron chi connectivity index (χ2n) is 9.99. The maximum absolute atomic E-state index is 13.3. The van der Waals surface area contributed by atoms with Crippen LogP contribution in [0.3, 0.4) is 0 Å². The molecular formula is C23H36N4O3. The first-order chi connectivity index (χ1) is 13.9. The first-order valence-corrected chi connectivity index (χ1v) is 10.6. The minimum atomic E-state index is -0.453. The second-order valence-corrected chi connectivity index (χ2v) is 9.99. The highest BCUT2D eigenvalue weighted by molar-refractivity contribution is 5.79. The van der Waals surface area contributed by atoms with Gasteiger partial charge >= 0.3 is 0 Å². The van der Waals surface area contributed by atoms with Crippen LogP contribution in [0.1, 0.15) is 67.0 Å². The Morgan fingerprint density at radius 3 is 2.30 bits per heavy atom. The van der Waals surface area contributed by atoms with Gasteiger partial charge in [0.2, 0.25) is 11.8 Å². The third-order valence-electron chi connectivity index (χ3n) is 4.96. The lowest BCUT2D eigenvalue weighted by Crippen LogP contribution is -2.40. The normalized spacial score (nSPS) is 12.3. The lowest BCUT2D eigenvalue weighted by atomic mass is 9.92. The van der Waals surface area contributed by atoms with Crippen molar-refractivity contribution in [3.63, 3.8) is 0 Å². The minimum absolute atomic E-state index is 0.0642. The maximum atomic E-state index is 13.3. The number of ether oxygens (including phenoxy) is 1. The molecule has 0 fully saturated rings.